The van der Waals surface area contributed by atoms with Gasteiger partial charge in [0.2, 0.25) is 10.0 Å². The monoisotopic (exact) mass is 284 g/mol. The predicted octanol–water partition coefficient (Wildman–Crippen LogP) is 1.38. The van der Waals surface area contributed by atoms with Crippen LogP contribution in [-0.4, -0.2) is 32.3 Å². The lowest BCUT2D eigenvalue weighted by atomic mass is 10.0. The lowest BCUT2D eigenvalue weighted by molar-refractivity contribution is 0.0771. The largest absolute Gasteiger partial charge is 0.339 e. The molecule has 0 aromatic heterocycles. The highest BCUT2D eigenvalue weighted by Crippen LogP contribution is 2.18. The zero-order chi connectivity index (χ0) is 14.6. The molecule has 19 heavy (non-hydrogen) atoms. The van der Waals surface area contributed by atoms with Crippen LogP contribution in [0.5, 0.6) is 0 Å². The van der Waals surface area contributed by atoms with Gasteiger partial charge in [-0.05, 0) is 38.0 Å². The van der Waals surface area contributed by atoms with E-state index in [1.807, 2.05) is 20.8 Å². The Morgan fingerprint density at radius 2 is 1.79 bits per heavy atom. The van der Waals surface area contributed by atoms with Gasteiger partial charge in [-0.25, -0.2) is 13.6 Å². The number of nitrogens with two attached hydrogens (primary N) is 1. The summed E-state index contributed by atoms with van der Waals surface area (Å²) in [4.78, 5) is 14.0. The third-order valence-corrected chi connectivity index (χ3v) is 3.98. The quantitative estimate of drug-likeness (QED) is 0.887. The minimum atomic E-state index is -3.79. The van der Waals surface area contributed by atoms with Crippen molar-refractivity contribution in [2.45, 2.75) is 32.1 Å². The van der Waals surface area contributed by atoms with E-state index in [0.717, 1.165) is 5.56 Å². The molecule has 0 spiro atoms. The first-order valence-corrected chi connectivity index (χ1v) is 7.84. The standard InChI is InChI=1S/C13H20N2O3S/c1-4-10-7-8-11(19(14,17)18)9-12(10)13(16)15(5-2)6-3/h7-9H,4-6H2,1-3H3,(H2,14,17,18). The Labute approximate surface area is 114 Å². The number of primary sulfonamides is 1. The molecule has 1 aromatic rings. The smallest absolute Gasteiger partial charge is 0.254 e. The molecule has 0 aliphatic heterocycles. The Kier molecular flexibility index (Phi) is 5.08. The van der Waals surface area contributed by atoms with E-state index in [1.165, 1.54) is 12.1 Å². The van der Waals surface area contributed by atoms with E-state index in [2.05, 4.69) is 0 Å². The molecule has 0 heterocycles. The molecule has 0 bridgehead atoms. The Morgan fingerprint density at radius 3 is 2.21 bits per heavy atom. The molecule has 1 amide bonds. The van der Waals surface area contributed by atoms with Crippen LogP contribution in [0.25, 0.3) is 0 Å². The number of rotatable bonds is 5. The summed E-state index contributed by atoms with van der Waals surface area (Å²) in [6.45, 7) is 6.86. The lowest BCUT2D eigenvalue weighted by Crippen LogP contribution is -2.31. The van der Waals surface area contributed by atoms with Crippen molar-refractivity contribution in [3.63, 3.8) is 0 Å². The van der Waals surface area contributed by atoms with E-state index in [1.54, 1.807) is 11.0 Å². The average molecular weight is 284 g/mol. The van der Waals surface area contributed by atoms with Crippen LogP contribution in [0.2, 0.25) is 0 Å². The number of amides is 1. The van der Waals surface area contributed by atoms with Crippen molar-refractivity contribution in [2.75, 3.05) is 13.1 Å². The van der Waals surface area contributed by atoms with Crippen molar-refractivity contribution in [1.82, 2.24) is 4.90 Å². The van der Waals surface area contributed by atoms with E-state index < -0.39 is 10.0 Å². The minimum Gasteiger partial charge on any atom is -0.339 e. The number of sulfonamides is 1. The highest BCUT2D eigenvalue weighted by Gasteiger charge is 2.19. The van der Waals surface area contributed by atoms with Gasteiger partial charge in [0.15, 0.2) is 0 Å². The van der Waals surface area contributed by atoms with Crippen LogP contribution in [-0.2, 0) is 16.4 Å². The molecule has 0 fully saturated rings. The summed E-state index contributed by atoms with van der Waals surface area (Å²) in [6.07, 6.45) is 0.660. The number of hydrogen-bond acceptors (Lipinski definition) is 3. The molecule has 5 nitrogen and oxygen atoms in total. The summed E-state index contributed by atoms with van der Waals surface area (Å²) >= 11 is 0. The summed E-state index contributed by atoms with van der Waals surface area (Å²) in [5, 5.41) is 5.11. The normalized spacial score (nSPS) is 11.4. The molecule has 0 aliphatic carbocycles. The van der Waals surface area contributed by atoms with Gasteiger partial charge in [-0.15, -0.1) is 0 Å². The Balaban J connectivity index is 3.35. The molecule has 1 aromatic carbocycles. The first kappa shape index (κ1) is 15.7. The third-order valence-electron chi connectivity index (χ3n) is 3.07. The highest BCUT2D eigenvalue weighted by molar-refractivity contribution is 7.89. The van der Waals surface area contributed by atoms with Crippen LogP contribution in [0.3, 0.4) is 0 Å². The fourth-order valence-electron chi connectivity index (χ4n) is 1.92. The molecule has 0 unspecified atom stereocenters. The number of aryl methyl sites for hydroxylation is 1. The van der Waals surface area contributed by atoms with Gasteiger partial charge in [0.25, 0.3) is 5.91 Å². The van der Waals surface area contributed by atoms with Crippen LogP contribution in [0.4, 0.5) is 0 Å². The maximum atomic E-state index is 12.4. The molecular weight excluding hydrogens is 264 g/mol. The van der Waals surface area contributed by atoms with Gasteiger partial charge in [0, 0.05) is 18.7 Å². The van der Waals surface area contributed by atoms with Gasteiger partial charge < -0.3 is 4.90 Å². The fourth-order valence-corrected chi connectivity index (χ4v) is 2.46. The first-order valence-electron chi connectivity index (χ1n) is 6.30. The molecule has 2 N–H and O–H groups in total. The van der Waals surface area contributed by atoms with E-state index >= 15 is 0 Å². The molecule has 106 valence electrons. The van der Waals surface area contributed by atoms with Crippen molar-refractivity contribution >= 4 is 15.9 Å². The molecule has 0 saturated heterocycles. The molecule has 0 atom stereocenters. The number of hydrogen-bond donors (Lipinski definition) is 1. The Hall–Kier alpha value is -1.40. The fraction of sp³-hybridized carbons (Fsp3) is 0.462. The van der Waals surface area contributed by atoms with Crippen molar-refractivity contribution in [2.24, 2.45) is 5.14 Å². The summed E-state index contributed by atoms with van der Waals surface area (Å²) < 4.78 is 22.7. The van der Waals surface area contributed by atoms with Crippen molar-refractivity contribution < 1.29 is 13.2 Å². The molecule has 1 rings (SSSR count). The number of benzene rings is 1. The second kappa shape index (κ2) is 6.16. The predicted molar refractivity (Wildman–Crippen MR) is 74.4 cm³/mol. The zero-order valence-electron chi connectivity index (χ0n) is 11.5. The average Bonchev–Trinajstić information content (AvgIpc) is 2.38. The molecule has 0 saturated carbocycles. The number of nitrogens with zero attached hydrogens (tertiary/aromatic N) is 1. The van der Waals surface area contributed by atoms with Crippen LogP contribution in [0, 0.1) is 0 Å². The lowest BCUT2D eigenvalue weighted by Gasteiger charge is -2.20. The van der Waals surface area contributed by atoms with Gasteiger partial charge in [-0.2, -0.15) is 0 Å². The van der Waals surface area contributed by atoms with E-state index in [9.17, 15) is 13.2 Å². The van der Waals surface area contributed by atoms with E-state index in [-0.39, 0.29) is 10.8 Å². The van der Waals surface area contributed by atoms with Crippen LogP contribution in [0.1, 0.15) is 36.7 Å². The number of carbonyl (C=O) groups excluding carboxylic acids is 1. The molecular formula is C13H20N2O3S. The van der Waals surface area contributed by atoms with Crippen molar-refractivity contribution in [1.29, 1.82) is 0 Å². The SMILES string of the molecule is CCc1ccc(S(N)(=O)=O)cc1C(=O)N(CC)CC. The summed E-state index contributed by atoms with van der Waals surface area (Å²) in [5.74, 6) is -0.160. The molecule has 0 radical (unpaired) electrons. The van der Waals surface area contributed by atoms with Gasteiger partial charge in [0.1, 0.15) is 0 Å². The Morgan fingerprint density at radius 1 is 1.21 bits per heavy atom. The van der Waals surface area contributed by atoms with Gasteiger partial charge in [-0.1, -0.05) is 13.0 Å². The van der Waals surface area contributed by atoms with Gasteiger partial charge in [-0.3, -0.25) is 4.79 Å². The second-order valence-electron chi connectivity index (χ2n) is 4.19. The second-order valence-corrected chi connectivity index (χ2v) is 5.76. The first-order chi connectivity index (χ1) is 8.85. The maximum absolute atomic E-state index is 12.4. The summed E-state index contributed by atoms with van der Waals surface area (Å²) in [6, 6.07) is 4.46. The third kappa shape index (κ3) is 3.54. The zero-order valence-corrected chi connectivity index (χ0v) is 12.3. The topological polar surface area (TPSA) is 80.5 Å². The van der Waals surface area contributed by atoms with Crippen LogP contribution in [0.15, 0.2) is 23.1 Å². The summed E-state index contributed by atoms with van der Waals surface area (Å²) in [5.41, 5.74) is 1.24. The van der Waals surface area contributed by atoms with Gasteiger partial charge >= 0.3 is 0 Å². The maximum Gasteiger partial charge on any atom is 0.254 e. The molecule has 0 aliphatic rings. The van der Waals surface area contributed by atoms with Crippen LogP contribution < -0.4 is 5.14 Å². The summed E-state index contributed by atoms with van der Waals surface area (Å²) in [7, 11) is -3.79. The minimum absolute atomic E-state index is 0.0276. The highest BCUT2D eigenvalue weighted by atomic mass is 32.2. The van der Waals surface area contributed by atoms with Crippen molar-refractivity contribution in [3.8, 4) is 0 Å². The van der Waals surface area contributed by atoms with E-state index in [0.29, 0.717) is 25.1 Å². The van der Waals surface area contributed by atoms with Gasteiger partial charge in [0.05, 0.1) is 4.90 Å². The van der Waals surface area contributed by atoms with E-state index in [4.69, 9.17) is 5.14 Å². The molecule has 6 heteroatoms. The van der Waals surface area contributed by atoms with Crippen LogP contribution >= 0.6 is 0 Å². The van der Waals surface area contributed by atoms with Crippen molar-refractivity contribution in [3.05, 3.63) is 29.3 Å². The number of carbonyl (C=O) groups is 1. The Bertz CT molecular complexity index is 563.